The van der Waals surface area contributed by atoms with Gasteiger partial charge in [0.2, 0.25) is 0 Å². The Morgan fingerprint density at radius 3 is 2.64 bits per heavy atom. The summed E-state index contributed by atoms with van der Waals surface area (Å²) in [5.41, 5.74) is 3.48. The van der Waals surface area contributed by atoms with E-state index < -0.39 is 0 Å². The van der Waals surface area contributed by atoms with Crippen molar-refractivity contribution >= 4 is 22.5 Å². The number of anilines is 1. The number of benzene rings is 1. The Kier molecular flexibility index (Phi) is 4.29. The zero-order valence-corrected chi connectivity index (χ0v) is 15.2. The van der Waals surface area contributed by atoms with Crippen molar-refractivity contribution in [1.82, 2.24) is 14.5 Å². The maximum atomic E-state index is 12.2. The fraction of sp³-hybridized carbons (Fsp3) is 0.368. The summed E-state index contributed by atoms with van der Waals surface area (Å²) in [5, 5.41) is 13.8. The molecule has 2 aromatic heterocycles. The molecule has 0 saturated carbocycles. The number of nitrogens with zero attached hydrogens (tertiary/aromatic N) is 2. The van der Waals surface area contributed by atoms with E-state index in [1.165, 1.54) is 0 Å². The number of ketones is 1. The Morgan fingerprint density at radius 1 is 1.28 bits per heavy atom. The van der Waals surface area contributed by atoms with Gasteiger partial charge >= 0.3 is 0 Å². The van der Waals surface area contributed by atoms with Crippen LogP contribution in [-0.2, 0) is 7.05 Å². The largest absolute Gasteiger partial charge is 0.504 e. The molecule has 132 valence electrons. The molecule has 3 N–H and O–H groups in total. The SMILES string of the molecule is CC(C)Nc1cn(C)c(-c2nc3ccc(C(=O)C(C)C)cc3[nH]2)c1O. The summed E-state index contributed by atoms with van der Waals surface area (Å²) in [6.45, 7) is 7.80. The number of aromatic nitrogens is 3. The summed E-state index contributed by atoms with van der Waals surface area (Å²) in [5.74, 6) is 0.777. The molecule has 1 aromatic carbocycles. The van der Waals surface area contributed by atoms with Gasteiger partial charge in [0.05, 0.1) is 16.7 Å². The number of hydrogen-bond donors (Lipinski definition) is 3. The number of rotatable bonds is 5. The van der Waals surface area contributed by atoms with Crippen molar-refractivity contribution in [2.24, 2.45) is 13.0 Å². The van der Waals surface area contributed by atoms with E-state index in [1.54, 1.807) is 6.07 Å². The van der Waals surface area contributed by atoms with E-state index in [-0.39, 0.29) is 23.5 Å². The molecule has 0 spiro atoms. The van der Waals surface area contributed by atoms with Crippen LogP contribution in [0.1, 0.15) is 38.1 Å². The van der Waals surface area contributed by atoms with E-state index in [1.807, 2.05) is 57.6 Å². The monoisotopic (exact) mass is 340 g/mol. The maximum absolute atomic E-state index is 12.2. The quantitative estimate of drug-likeness (QED) is 0.615. The van der Waals surface area contributed by atoms with Gasteiger partial charge in [-0.1, -0.05) is 13.8 Å². The van der Waals surface area contributed by atoms with Gasteiger partial charge in [-0.15, -0.1) is 0 Å². The van der Waals surface area contributed by atoms with Crippen LogP contribution >= 0.6 is 0 Å². The fourth-order valence-electron chi connectivity index (χ4n) is 2.92. The molecule has 0 fully saturated rings. The normalized spacial score (nSPS) is 11.6. The second-order valence-corrected chi connectivity index (χ2v) is 6.99. The summed E-state index contributed by atoms with van der Waals surface area (Å²) in [7, 11) is 1.86. The molecule has 6 nitrogen and oxygen atoms in total. The smallest absolute Gasteiger partial charge is 0.168 e. The molecule has 0 aliphatic heterocycles. The molecule has 25 heavy (non-hydrogen) atoms. The van der Waals surface area contributed by atoms with Crippen molar-refractivity contribution in [2.45, 2.75) is 33.7 Å². The molecule has 6 heteroatoms. The minimum absolute atomic E-state index is 0.0542. The van der Waals surface area contributed by atoms with E-state index in [4.69, 9.17) is 0 Å². The molecule has 0 radical (unpaired) electrons. The van der Waals surface area contributed by atoms with E-state index in [2.05, 4.69) is 15.3 Å². The van der Waals surface area contributed by atoms with Crippen LogP contribution in [0.25, 0.3) is 22.6 Å². The number of H-pyrrole nitrogens is 1. The molecular weight excluding hydrogens is 316 g/mol. The number of nitrogens with one attached hydrogen (secondary N) is 2. The number of carbonyl (C=O) groups is 1. The van der Waals surface area contributed by atoms with Crippen LogP contribution in [0.4, 0.5) is 5.69 Å². The Balaban J connectivity index is 2.05. The summed E-state index contributed by atoms with van der Waals surface area (Å²) < 4.78 is 1.83. The van der Waals surface area contributed by atoms with Gasteiger partial charge in [0.15, 0.2) is 17.4 Å². The van der Waals surface area contributed by atoms with Gasteiger partial charge in [0, 0.05) is 30.8 Å². The van der Waals surface area contributed by atoms with Crippen LogP contribution in [0.15, 0.2) is 24.4 Å². The molecule has 0 amide bonds. The number of aromatic hydroxyl groups is 1. The Bertz CT molecular complexity index is 934. The average molecular weight is 340 g/mol. The van der Waals surface area contributed by atoms with Crippen LogP contribution in [0, 0.1) is 5.92 Å². The second-order valence-electron chi connectivity index (χ2n) is 6.99. The highest BCUT2D eigenvalue weighted by Crippen LogP contribution is 2.37. The second kappa shape index (κ2) is 6.27. The van der Waals surface area contributed by atoms with E-state index >= 15 is 0 Å². The number of imidazole rings is 1. The van der Waals surface area contributed by atoms with Crippen LogP contribution < -0.4 is 5.32 Å². The van der Waals surface area contributed by atoms with Gasteiger partial charge in [-0.25, -0.2) is 4.98 Å². The third-order valence-electron chi connectivity index (χ3n) is 4.11. The molecule has 0 bridgehead atoms. The standard InChI is InChI=1S/C19H24N4O2/c1-10(2)17(24)12-6-7-13-14(8-12)22-19(21-13)16-18(25)15(9-23(16)5)20-11(3)4/h6-11,20,25H,1-5H3,(H,21,22). The van der Waals surface area contributed by atoms with Crippen molar-refractivity contribution in [3.8, 4) is 17.3 Å². The van der Waals surface area contributed by atoms with Crippen LogP contribution in [0.2, 0.25) is 0 Å². The van der Waals surface area contributed by atoms with Gasteiger partial charge < -0.3 is 20.0 Å². The highest BCUT2D eigenvalue weighted by atomic mass is 16.3. The highest BCUT2D eigenvalue weighted by Gasteiger charge is 2.19. The van der Waals surface area contributed by atoms with Gasteiger partial charge in [0.1, 0.15) is 5.69 Å². The summed E-state index contributed by atoms with van der Waals surface area (Å²) in [6, 6.07) is 5.66. The minimum atomic E-state index is -0.0542. The van der Waals surface area contributed by atoms with E-state index in [0.29, 0.717) is 22.8 Å². The minimum Gasteiger partial charge on any atom is -0.504 e. The lowest BCUT2D eigenvalue weighted by molar-refractivity contribution is 0.0939. The molecule has 0 saturated heterocycles. The van der Waals surface area contributed by atoms with Crippen molar-refractivity contribution < 1.29 is 9.90 Å². The van der Waals surface area contributed by atoms with Gasteiger partial charge in [-0.05, 0) is 32.0 Å². The summed E-state index contributed by atoms with van der Waals surface area (Å²) in [4.78, 5) is 20.0. The lowest BCUT2D eigenvalue weighted by Gasteiger charge is -2.07. The van der Waals surface area contributed by atoms with Crippen molar-refractivity contribution in [1.29, 1.82) is 0 Å². The number of aryl methyl sites for hydroxylation is 1. The first-order valence-electron chi connectivity index (χ1n) is 8.47. The zero-order valence-electron chi connectivity index (χ0n) is 15.2. The highest BCUT2D eigenvalue weighted by molar-refractivity contribution is 6.00. The first-order chi connectivity index (χ1) is 11.8. The van der Waals surface area contributed by atoms with Crippen LogP contribution in [0.3, 0.4) is 0 Å². The Labute approximate surface area is 146 Å². The predicted molar refractivity (Wildman–Crippen MR) is 100 cm³/mol. The molecule has 2 heterocycles. The third kappa shape index (κ3) is 3.12. The van der Waals surface area contributed by atoms with Gasteiger partial charge in [-0.3, -0.25) is 4.79 Å². The first kappa shape index (κ1) is 17.1. The third-order valence-corrected chi connectivity index (χ3v) is 4.11. The van der Waals surface area contributed by atoms with E-state index in [0.717, 1.165) is 11.0 Å². The maximum Gasteiger partial charge on any atom is 0.168 e. The molecule has 3 aromatic rings. The fourth-order valence-corrected chi connectivity index (χ4v) is 2.92. The predicted octanol–water partition coefficient (Wildman–Crippen LogP) is 3.93. The average Bonchev–Trinajstić information content (AvgIpc) is 3.06. The molecule has 0 aliphatic carbocycles. The molecular formula is C19H24N4O2. The van der Waals surface area contributed by atoms with E-state index in [9.17, 15) is 9.90 Å². The lowest BCUT2D eigenvalue weighted by atomic mass is 10.0. The number of hydrogen-bond acceptors (Lipinski definition) is 4. The van der Waals surface area contributed by atoms with Crippen molar-refractivity contribution in [3.63, 3.8) is 0 Å². The number of Topliss-reactive ketones (excluding diaryl/α,β-unsaturated/α-hetero) is 1. The molecule has 0 atom stereocenters. The van der Waals surface area contributed by atoms with Crippen LogP contribution in [-0.4, -0.2) is 31.5 Å². The Morgan fingerprint density at radius 2 is 2.00 bits per heavy atom. The topological polar surface area (TPSA) is 82.9 Å². The summed E-state index contributed by atoms with van der Waals surface area (Å²) >= 11 is 0. The Hall–Kier alpha value is -2.76. The van der Waals surface area contributed by atoms with Crippen molar-refractivity contribution in [2.75, 3.05) is 5.32 Å². The molecule has 0 aliphatic rings. The van der Waals surface area contributed by atoms with Crippen molar-refractivity contribution in [3.05, 3.63) is 30.0 Å². The summed E-state index contributed by atoms with van der Waals surface area (Å²) in [6.07, 6.45) is 1.84. The number of aromatic amines is 1. The zero-order chi connectivity index (χ0) is 18.3. The number of fused-ring (bicyclic) bond motifs is 1. The van der Waals surface area contributed by atoms with Gasteiger partial charge in [0.25, 0.3) is 0 Å². The lowest BCUT2D eigenvalue weighted by Crippen LogP contribution is -2.08. The number of carbonyl (C=O) groups excluding carboxylic acids is 1. The molecule has 3 rings (SSSR count). The van der Waals surface area contributed by atoms with Crippen LogP contribution in [0.5, 0.6) is 5.75 Å². The first-order valence-corrected chi connectivity index (χ1v) is 8.47. The molecule has 0 unspecified atom stereocenters. The van der Waals surface area contributed by atoms with Gasteiger partial charge in [-0.2, -0.15) is 0 Å².